The molecular formula is C14H31N3O. The normalized spacial score (nSPS) is 28.8. The lowest BCUT2D eigenvalue weighted by molar-refractivity contribution is 0.00556. The molecule has 0 spiro atoms. The van der Waals surface area contributed by atoms with Gasteiger partial charge in [0, 0.05) is 32.8 Å². The predicted octanol–water partition coefficient (Wildman–Crippen LogP) is 1.01. The Bertz CT molecular complexity index is 245. The SMILES string of the molecule is CC(C)CN(CCN(C)C)C1(CN)CCOC1C. The lowest BCUT2D eigenvalue weighted by Crippen LogP contribution is -2.60. The molecule has 0 bridgehead atoms. The predicted molar refractivity (Wildman–Crippen MR) is 76.8 cm³/mol. The lowest BCUT2D eigenvalue weighted by atomic mass is 9.88. The van der Waals surface area contributed by atoms with Crippen LogP contribution in [0.15, 0.2) is 0 Å². The second-order valence-corrected chi connectivity index (χ2v) is 6.21. The third-order valence-corrected chi connectivity index (χ3v) is 4.05. The standard InChI is InChI=1S/C14H31N3O/c1-12(2)10-17(8-7-16(4)5)14(11-15)6-9-18-13(14)3/h12-13H,6-11,15H2,1-5H3. The molecule has 0 saturated carbocycles. The van der Waals surface area contributed by atoms with E-state index >= 15 is 0 Å². The molecule has 4 heteroatoms. The summed E-state index contributed by atoms with van der Waals surface area (Å²) in [5.74, 6) is 0.656. The quantitative estimate of drug-likeness (QED) is 0.739. The smallest absolute Gasteiger partial charge is 0.0743 e. The van der Waals surface area contributed by atoms with Crippen LogP contribution < -0.4 is 5.73 Å². The Labute approximate surface area is 112 Å². The molecule has 1 fully saturated rings. The maximum atomic E-state index is 6.11. The maximum Gasteiger partial charge on any atom is 0.0743 e. The Balaban J connectivity index is 2.78. The van der Waals surface area contributed by atoms with Gasteiger partial charge in [-0.1, -0.05) is 13.8 Å². The van der Waals surface area contributed by atoms with Crippen LogP contribution in [0.5, 0.6) is 0 Å². The van der Waals surface area contributed by atoms with Crippen molar-refractivity contribution in [3.63, 3.8) is 0 Å². The second-order valence-electron chi connectivity index (χ2n) is 6.21. The van der Waals surface area contributed by atoms with Crippen molar-refractivity contribution in [3.8, 4) is 0 Å². The fourth-order valence-electron chi connectivity index (χ4n) is 2.84. The van der Waals surface area contributed by atoms with Crippen molar-refractivity contribution in [1.82, 2.24) is 9.80 Å². The van der Waals surface area contributed by atoms with Crippen molar-refractivity contribution in [2.24, 2.45) is 11.7 Å². The second kappa shape index (κ2) is 6.85. The summed E-state index contributed by atoms with van der Waals surface area (Å²) in [5.41, 5.74) is 6.15. The van der Waals surface area contributed by atoms with Gasteiger partial charge in [-0.05, 0) is 33.4 Å². The average Bonchev–Trinajstić information content (AvgIpc) is 2.66. The average molecular weight is 257 g/mol. The summed E-state index contributed by atoms with van der Waals surface area (Å²) in [4.78, 5) is 4.80. The maximum absolute atomic E-state index is 6.11. The van der Waals surface area contributed by atoms with Gasteiger partial charge in [0.05, 0.1) is 11.6 Å². The minimum Gasteiger partial charge on any atom is -0.376 e. The van der Waals surface area contributed by atoms with Crippen molar-refractivity contribution in [2.75, 3.05) is 46.9 Å². The number of rotatable bonds is 7. The molecule has 1 aliphatic heterocycles. The summed E-state index contributed by atoms with van der Waals surface area (Å²) in [6, 6.07) is 0. The van der Waals surface area contributed by atoms with Gasteiger partial charge in [-0.2, -0.15) is 0 Å². The van der Waals surface area contributed by atoms with Crippen LogP contribution in [0.3, 0.4) is 0 Å². The highest BCUT2D eigenvalue weighted by molar-refractivity contribution is 5.00. The summed E-state index contributed by atoms with van der Waals surface area (Å²) in [6.07, 6.45) is 1.30. The summed E-state index contributed by atoms with van der Waals surface area (Å²) in [7, 11) is 4.24. The van der Waals surface area contributed by atoms with Gasteiger partial charge in [0.15, 0.2) is 0 Å². The van der Waals surface area contributed by atoms with Crippen LogP contribution >= 0.6 is 0 Å². The van der Waals surface area contributed by atoms with Gasteiger partial charge in [0.2, 0.25) is 0 Å². The van der Waals surface area contributed by atoms with E-state index in [1.54, 1.807) is 0 Å². The third kappa shape index (κ3) is 3.67. The largest absolute Gasteiger partial charge is 0.376 e. The monoisotopic (exact) mass is 257 g/mol. The van der Waals surface area contributed by atoms with Crippen molar-refractivity contribution in [3.05, 3.63) is 0 Å². The highest BCUT2D eigenvalue weighted by Crippen LogP contribution is 2.31. The van der Waals surface area contributed by atoms with Gasteiger partial charge in [-0.15, -0.1) is 0 Å². The zero-order valence-corrected chi connectivity index (χ0v) is 12.8. The fraction of sp³-hybridized carbons (Fsp3) is 1.00. The third-order valence-electron chi connectivity index (χ3n) is 4.05. The number of nitrogens with two attached hydrogens (primary N) is 1. The Kier molecular flexibility index (Phi) is 6.05. The number of likely N-dealkylation sites (N-methyl/N-ethyl adjacent to an activating group) is 1. The van der Waals surface area contributed by atoms with Gasteiger partial charge in [-0.25, -0.2) is 0 Å². The zero-order valence-electron chi connectivity index (χ0n) is 12.8. The Morgan fingerprint density at radius 1 is 1.33 bits per heavy atom. The number of hydrogen-bond donors (Lipinski definition) is 1. The van der Waals surface area contributed by atoms with Crippen LogP contribution in [0.4, 0.5) is 0 Å². The molecule has 1 rings (SSSR count). The molecule has 0 aromatic heterocycles. The Morgan fingerprint density at radius 3 is 2.39 bits per heavy atom. The molecule has 2 unspecified atom stereocenters. The van der Waals surface area contributed by atoms with Gasteiger partial charge in [0.1, 0.15) is 0 Å². The van der Waals surface area contributed by atoms with E-state index in [1.807, 2.05) is 0 Å². The number of hydrogen-bond acceptors (Lipinski definition) is 4. The van der Waals surface area contributed by atoms with E-state index < -0.39 is 0 Å². The van der Waals surface area contributed by atoms with E-state index in [2.05, 4.69) is 44.7 Å². The van der Waals surface area contributed by atoms with E-state index in [-0.39, 0.29) is 11.6 Å². The molecule has 108 valence electrons. The summed E-state index contributed by atoms with van der Waals surface area (Å²) < 4.78 is 5.79. The van der Waals surface area contributed by atoms with Gasteiger partial charge < -0.3 is 15.4 Å². The van der Waals surface area contributed by atoms with Crippen LogP contribution in [-0.2, 0) is 4.74 Å². The van der Waals surface area contributed by atoms with Gasteiger partial charge in [0.25, 0.3) is 0 Å². The molecule has 0 aliphatic carbocycles. The van der Waals surface area contributed by atoms with Crippen LogP contribution in [0.1, 0.15) is 27.2 Å². The molecule has 0 radical (unpaired) electrons. The number of ether oxygens (including phenoxy) is 1. The van der Waals surface area contributed by atoms with E-state index in [4.69, 9.17) is 10.5 Å². The molecule has 2 atom stereocenters. The fourth-order valence-corrected chi connectivity index (χ4v) is 2.84. The van der Waals surface area contributed by atoms with E-state index in [1.165, 1.54) is 0 Å². The van der Waals surface area contributed by atoms with Gasteiger partial charge >= 0.3 is 0 Å². The molecule has 2 N–H and O–H groups in total. The van der Waals surface area contributed by atoms with E-state index in [9.17, 15) is 0 Å². The molecule has 18 heavy (non-hydrogen) atoms. The van der Waals surface area contributed by atoms with Crippen LogP contribution in [-0.4, -0.2) is 68.3 Å². The molecule has 0 aromatic rings. The Hall–Kier alpha value is -0.160. The molecule has 0 amide bonds. The zero-order chi connectivity index (χ0) is 13.8. The first-order valence-electron chi connectivity index (χ1n) is 7.14. The number of nitrogens with zero attached hydrogens (tertiary/aromatic N) is 2. The highest BCUT2D eigenvalue weighted by Gasteiger charge is 2.45. The first-order chi connectivity index (χ1) is 8.42. The molecule has 1 aliphatic rings. The molecule has 1 saturated heterocycles. The summed E-state index contributed by atoms with van der Waals surface area (Å²) in [6.45, 7) is 11.5. The van der Waals surface area contributed by atoms with Crippen LogP contribution in [0.25, 0.3) is 0 Å². The van der Waals surface area contributed by atoms with Crippen LogP contribution in [0.2, 0.25) is 0 Å². The topological polar surface area (TPSA) is 41.7 Å². The minimum absolute atomic E-state index is 0.0419. The molecular weight excluding hydrogens is 226 g/mol. The Morgan fingerprint density at radius 2 is 2.00 bits per heavy atom. The molecule has 1 heterocycles. The first-order valence-corrected chi connectivity index (χ1v) is 7.14. The van der Waals surface area contributed by atoms with Crippen molar-refractivity contribution >= 4 is 0 Å². The lowest BCUT2D eigenvalue weighted by Gasteiger charge is -2.44. The van der Waals surface area contributed by atoms with Crippen molar-refractivity contribution in [1.29, 1.82) is 0 Å². The molecule has 4 nitrogen and oxygen atoms in total. The summed E-state index contributed by atoms with van der Waals surface area (Å²) >= 11 is 0. The molecule has 0 aromatic carbocycles. The van der Waals surface area contributed by atoms with E-state index in [0.717, 1.165) is 32.7 Å². The minimum atomic E-state index is 0.0419. The highest BCUT2D eigenvalue weighted by atomic mass is 16.5. The summed E-state index contributed by atoms with van der Waals surface area (Å²) in [5, 5.41) is 0. The first kappa shape index (κ1) is 15.9. The van der Waals surface area contributed by atoms with Crippen molar-refractivity contribution in [2.45, 2.75) is 38.8 Å². The van der Waals surface area contributed by atoms with E-state index in [0.29, 0.717) is 12.5 Å². The van der Waals surface area contributed by atoms with Gasteiger partial charge in [-0.3, -0.25) is 4.90 Å². The van der Waals surface area contributed by atoms with Crippen molar-refractivity contribution < 1.29 is 4.74 Å². The van der Waals surface area contributed by atoms with Crippen LogP contribution in [0, 0.1) is 5.92 Å².